The van der Waals surface area contributed by atoms with E-state index in [1.165, 1.54) is 31.6 Å². The van der Waals surface area contributed by atoms with Crippen molar-refractivity contribution >= 4 is 28.8 Å². The van der Waals surface area contributed by atoms with Crippen LogP contribution in [0.15, 0.2) is 24.5 Å². The number of hydrogen-bond acceptors (Lipinski definition) is 6. The predicted molar refractivity (Wildman–Crippen MR) is 85.9 cm³/mol. The lowest BCUT2D eigenvalue weighted by Crippen LogP contribution is -2.15. The second kappa shape index (κ2) is 5.95. The van der Waals surface area contributed by atoms with Crippen molar-refractivity contribution in [3.63, 3.8) is 0 Å². The molecule has 0 aliphatic heterocycles. The van der Waals surface area contributed by atoms with Crippen LogP contribution in [-0.4, -0.2) is 38.9 Å². The number of benzene rings is 1. The first-order chi connectivity index (χ1) is 11.5. The molecule has 0 saturated heterocycles. The largest absolute Gasteiger partial charge is 0.494 e. The summed E-state index contributed by atoms with van der Waals surface area (Å²) in [6.45, 7) is 1.77. The van der Waals surface area contributed by atoms with E-state index < -0.39 is 11.8 Å². The molecule has 0 unspecified atom stereocenters. The Bertz CT molecular complexity index is 932. The highest BCUT2D eigenvalue weighted by atomic mass is 16.5. The molecule has 0 fully saturated rings. The summed E-state index contributed by atoms with van der Waals surface area (Å²) in [6.07, 6.45) is 2.87. The van der Waals surface area contributed by atoms with Crippen molar-refractivity contribution < 1.29 is 14.3 Å². The standard InChI is InChI=1S/C15H14N6O3/c1-7-5-18-10(6-17-7)14(23)21-15-19-9-3-8(13(16)22)4-11(24-2)12(9)20-15/h3-6H,1-2H3,(H2,16,22)(H2,19,20,21,23). The van der Waals surface area contributed by atoms with Crippen molar-refractivity contribution in [2.45, 2.75) is 6.92 Å². The van der Waals surface area contributed by atoms with Crippen molar-refractivity contribution in [2.75, 3.05) is 12.4 Å². The number of anilines is 1. The average molecular weight is 326 g/mol. The summed E-state index contributed by atoms with van der Waals surface area (Å²) in [6, 6.07) is 3.01. The van der Waals surface area contributed by atoms with Crippen molar-refractivity contribution in [1.82, 2.24) is 19.9 Å². The molecule has 0 bridgehead atoms. The van der Waals surface area contributed by atoms with Gasteiger partial charge in [0, 0.05) is 11.8 Å². The van der Waals surface area contributed by atoms with Crippen molar-refractivity contribution in [3.05, 3.63) is 41.5 Å². The van der Waals surface area contributed by atoms with Crippen molar-refractivity contribution in [2.24, 2.45) is 5.73 Å². The summed E-state index contributed by atoms with van der Waals surface area (Å²) < 4.78 is 5.22. The molecule has 0 aliphatic carbocycles. The zero-order valence-corrected chi connectivity index (χ0v) is 13.0. The molecule has 9 nitrogen and oxygen atoms in total. The summed E-state index contributed by atoms with van der Waals surface area (Å²) in [5.41, 5.74) is 7.38. The summed E-state index contributed by atoms with van der Waals surface area (Å²) >= 11 is 0. The molecule has 1 aromatic carbocycles. The number of rotatable bonds is 4. The van der Waals surface area contributed by atoms with Crippen LogP contribution < -0.4 is 15.8 Å². The zero-order valence-electron chi connectivity index (χ0n) is 13.0. The highest BCUT2D eigenvalue weighted by molar-refractivity contribution is 6.03. The fourth-order valence-electron chi connectivity index (χ4n) is 2.13. The summed E-state index contributed by atoms with van der Waals surface area (Å²) in [7, 11) is 1.46. The molecule has 2 amide bonds. The molecule has 122 valence electrons. The van der Waals surface area contributed by atoms with E-state index in [1.54, 1.807) is 6.92 Å². The number of aromatic nitrogens is 4. The Kier molecular flexibility index (Phi) is 3.82. The Morgan fingerprint density at radius 2 is 2.04 bits per heavy atom. The second-order valence-corrected chi connectivity index (χ2v) is 5.02. The summed E-state index contributed by atoms with van der Waals surface area (Å²) in [5, 5.41) is 2.59. The van der Waals surface area contributed by atoms with Gasteiger partial charge in [0.15, 0.2) is 0 Å². The van der Waals surface area contributed by atoms with E-state index in [4.69, 9.17) is 10.5 Å². The van der Waals surface area contributed by atoms with Crippen LogP contribution in [-0.2, 0) is 0 Å². The Labute approximate surface area is 136 Å². The van der Waals surface area contributed by atoms with E-state index in [9.17, 15) is 9.59 Å². The molecular formula is C15H14N6O3. The normalized spacial score (nSPS) is 10.6. The van der Waals surface area contributed by atoms with Gasteiger partial charge in [-0.1, -0.05) is 0 Å². The van der Waals surface area contributed by atoms with Gasteiger partial charge in [-0.25, -0.2) is 9.97 Å². The number of aromatic amines is 1. The fraction of sp³-hybridized carbons (Fsp3) is 0.133. The van der Waals surface area contributed by atoms with E-state index in [2.05, 4.69) is 25.3 Å². The Morgan fingerprint density at radius 3 is 2.67 bits per heavy atom. The van der Waals surface area contributed by atoms with Crippen LogP contribution in [0, 0.1) is 6.92 Å². The number of fused-ring (bicyclic) bond motifs is 1. The number of ether oxygens (including phenoxy) is 1. The lowest BCUT2D eigenvalue weighted by molar-refractivity contribution is 0.0996. The van der Waals surface area contributed by atoms with Crippen LogP contribution in [0.2, 0.25) is 0 Å². The van der Waals surface area contributed by atoms with Crippen molar-refractivity contribution in [3.8, 4) is 5.75 Å². The van der Waals surface area contributed by atoms with Crippen LogP contribution in [0.3, 0.4) is 0 Å². The Hall–Kier alpha value is -3.49. The van der Waals surface area contributed by atoms with Gasteiger partial charge in [0.05, 0.1) is 24.5 Å². The van der Waals surface area contributed by atoms with Gasteiger partial charge in [-0.3, -0.25) is 19.9 Å². The van der Waals surface area contributed by atoms with E-state index in [0.717, 1.165) is 0 Å². The molecule has 24 heavy (non-hydrogen) atoms. The van der Waals surface area contributed by atoms with Gasteiger partial charge in [-0.05, 0) is 19.1 Å². The number of hydrogen-bond donors (Lipinski definition) is 3. The predicted octanol–water partition coefficient (Wildman–Crippen LogP) is 1.02. The molecular weight excluding hydrogens is 312 g/mol. The maximum absolute atomic E-state index is 12.2. The van der Waals surface area contributed by atoms with Crippen LogP contribution in [0.4, 0.5) is 5.95 Å². The van der Waals surface area contributed by atoms with Gasteiger partial charge in [0.2, 0.25) is 11.9 Å². The third kappa shape index (κ3) is 2.86. The number of nitrogens with one attached hydrogen (secondary N) is 2. The van der Waals surface area contributed by atoms with E-state index in [1.807, 2.05) is 0 Å². The minimum atomic E-state index is -0.598. The minimum Gasteiger partial charge on any atom is -0.494 e. The molecule has 3 rings (SSSR count). The number of methoxy groups -OCH3 is 1. The molecule has 0 radical (unpaired) electrons. The molecule has 4 N–H and O–H groups in total. The van der Waals surface area contributed by atoms with Gasteiger partial charge in [-0.15, -0.1) is 0 Å². The number of primary amides is 1. The fourth-order valence-corrected chi connectivity index (χ4v) is 2.13. The van der Waals surface area contributed by atoms with Crippen LogP contribution in [0.25, 0.3) is 11.0 Å². The second-order valence-electron chi connectivity index (χ2n) is 5.02. The highest BCUT2D eigenvalue weighted by Crippen LogP contribution is 2.27. The van der Waals surface area contributed by atoms with Crippen molar-refractivity contribution in [1.29, 1.82) is 0 Å². The quantitative estimate of drug-likeness (QED) is 0.655. The van der Waals surface area contributed by atoms with E-state index >= 15 is 0 Å². The topological polar surface area (TPSA) is 136 Å². The molecule has 0 aliphatic rings. The third-order valence-corrected chi connectivity index (χ3v) is 3.31. The zero-order chi connectivity index (χ0) is 17.3. The monoisotopic (exact) mass is 326 g/mol. The average Bonchev–Trinajstić information content (AvgIpc) is 2.96. The van der Waals surface area contributed by atoms with Crippen LogP contribution in [0.5, 0.6) is 5.75 Å². The number of imidazole rings is 1. The first kappa shape index (κ1) is 15.4. The van der Waals surface area contributed by atoms with E-state index in [-0.39, 0.29) is 17.2 Å². The summed E-state index contributed by atoms with van der Waals surface area (Å²) in [5.74, 6) is -0.476. The maximum atomic E-state index is 12.2. The number of carbonyl (C=O) groups is 2. The molecule has 0 saturated carbocycles. The van der Waals surface area contributed by atoms with Gasteiger partial charge in [0.1, 0.15) is 17.0 Å². The Morgan fingerprint density at radius 1 is 1.25 bits per heavy atom. The van der Waals surface area contributed by atoms with Crippen LogP contribution >= 0.6 is 0 Å². The number of amides is 2. The number of nitrogens with zero attached hydrogens (tertiary/aromatic N) is 3. The lowest BCUT2D eigenvalue weighted by Gasteiger charge is -2.03. The van der Waals surface area contributed by atoms with Gasteiger partial charge in [-0.2, -0.15) is 0 Å². The number of carbonyl (C=O) groups excluding carboxylic acids is 2. The van der Waals surface area contributed by atoms with Gasteiger partial charge < -0.3 is 15.5 Å². The minimum absolute atomic E-state index is 0.158. The lowest BCUT2D eigenvalue weighted by atomic mass is 10.2. The molecule has 2 heterocycles. The smallest absolute Gasteiger partial charge is 0.278 e. The maximum Gasteiger partial charge on any atom is 0.278 e. The highest BCUT2D eigenvalue weighted by Gasteiger charge is 2.15. The van der Waals surface area contributed by atoms with Gasteiger partial charge in [0.25, 0.3) is 5.91 Å². The molecule has 9 heteroatoms. The molecule has 0 atom stereocenters. The molecule has 2 aromatic heterocycles. The first-order valence-electron chi connectivity index (χ1n) is 6.95. The summed E-state index contributed by atoms with van der Waals surface area (Å²) in [4.78, 5) is 38.7. The van der Waals surface area contributed by atoms with Crippen LogP contribution in [0.1, 0.15) is 26.5 Å². The SMILES string of the molecule is COc1cc(C(N)=O)cc2nc(NC(=O)c3cnc(C)cn3)[nH]c12. The third-order valence-electron chi connectivity index (χ3n) is 3.31. The molecule has 0 spiro atoms. The number of aryl methyl sites for hydroxylation is 1. The number of nitrogens with two attached hydrogens (primary N) is 1. The number of H-pyrrole nitrogens is 1. The Balaban J connectivity index is 1.94. The molecule has 3 aromatic rings. The van der Waals surface area contributed by atoms with Gasteiger partial charge >= 0.3 is 0 Å². The first-order valence-corrected chi connectivity index (χ1v) is 6.95. The van der Waals surface area contributed by atoms with E-state index in [0.29, 0.717) is 22.5 Å².